The Labute approximate surface area is 80.5 Å². The van der Waals surface area contributed by atoms with Crippen LogP contribution in [-0.4, -0.2) is 11.9 Å². The molecule has 0 aromatic carbocycles. The monoisotopic (exact) mass is 194 g/mol. The topological polar surface area (TPSA) is 80.3 Å². The fraction of sp³-hybridized carbons (Fsp3) is 0.667. The third kappa shape index (κ3) is 42.4. The molecular formula is C6H10O4Ti. The van der Waals surface area contributed by atoms with Gasteiger partial charge in [0.1, 0.15) is 0 Å². The van der Waals surface area contributed by atoms with Gasteiger partial charge in [0.05, 0.1) is 0 Å². The summed E-state index contributed by atoms with van der Waals surface area (Å²) in [4.78, 5) is 18.5. The second-order valence-corrected chi connectivity index (χ2v) is 1.45. The van der Waals surface area contributed by atoms with E-state index in [2.05, 4.69) is 0 Å². The van der Waals surface area contributed by atoms with E-state index in [9.17, 15) is 19.8 Å². The third-order valence-electron chi connectivity index (χ3n) is 0.577. The van der Waals surface area contributed by atoms with Crippen molar-refractivity contribution in [3.05, 3.63) is 0 Å². The first kappa shape index (κ1) is 16.9. The van der Waals surface area contributed by atoms with Gasteiger partial charge in [-0.3, -0.25) is 0 Å². The molecule has 0 amide bonds. The molecule has 0 aliphatic carbocycles. The zero-order valence-electron chi connectivity index (χ0n) is 6.55. The molecule has 4 nitrogen and oxygen atoms in total. The summed E-state index contributed by atoms with van der Waals surface area (Å²) in [5.41, 5.74) is 0. The van der Waals surface area contributed by atoms with E-state index in [1.807, 2.05) is 0 Å². The van der Waals surface area contributed by atoms with Gasteiger partial charge < -0.3 is 19.8 Å². The predicted octanol–water partition coefficient (Wildman–Crippen LogP) is -1.71. The Balaban J connectivity index is -0.000000107. The Morgan fingerprint density at radius 3 is 1.09 bits per heavy atom. The Morgan fingerprint density at radius 2 is 1.09 bits per heavy atom. The van der Waals surface area contributed by atoms with E-state index in [1.165, 1.54) is 13.8 Å². The molecule has 5 heteroatoms. The van der Waals surface area contributed by atoms with E-state index in [0.717, 1.165) is 0 Å². The molecule has 0 aliphatic rings. The van der Waals surface area contributed by atoms with Crippen LogP contribution in [0.3, 0.4) is 0 Å². The minimum Gasteiger partial charge on any atom is -0.550 e. The number of carboxylic acids is 2. The molecule has 0 aliphatic heterocycles. The maximum Gasteiger partial charge on any atom is 2.00 e. The predicted molar refractivity (Wildman–Crippen MR) is 30.6 cm³/mol. The third-order valence-corrected chi connectivity index (χ3v) is 0.577. The van der Waals surface area contributed by atoms with Gasteiger partial charge in [-0.05, 0) is 12.8 Å². The molecule has 0 unspecified atom stereocenters. The van der Waals surface area contributed by atoms with E-state index in [1.54, 1.807) is 0 Å². The Bertz CT molecular complexity index is 99.1. The first-order valence-corrected chi connectivity index (χ1v) is 2.94. The van der Waals surface area contributed by atoms with Crippen LogP contribution in [0.5, 0.6) is 0 Å². The first-order valence-electron chi connectivity index (χ1n) is 2.94. The van der Waals surface area contributed by atoms with Crippen LogP contribution in [0.4, 0.5) is 0 Å². The van der Waals surface area contributed by atoms with Gasteiger partial charge >= 0.3 is 21.7 Å². The van der Waals surface area contributed by atoms with Crippen LogP contribution in [0.15, 0.2) is 0 Å². The summed E-state index contributed by atoms with van der Waals surface area (Å²) in [5.74, 6) is -1.99. The number of hydrogen-bond acceptors (Lipinski definition) is 4. The van der Waals surface area contributed by atoms with Crippen molar-refractivity contribution in [2.24, 2.45) is 0 Å². The largest absolute Gasteiger partial charge is 2.00 e. The molecule has 0 saturated heterocycles. The first-order chi connectivity index (χ1) is 4.54. The summed E-state index contributed by atoms with van der Waals surface area (Å²) in [6.07, 6.45) is 0.222. The summed E-state index contributed by atoms with van der Waals surface area (Å²) in [6, 6.07) is 0. The summed E-state index contributed by atoms with van der Waals surface area (Å²) in [6.45, 7) is 3.07. The minimum absolute atomic E-state index is 0. The van der Waals surface area contributed by atoms with Gasteiger partial charge in [0.25, 0.3) is 0 Å². The Hall–Kier alpha value is -0.346. The van der Waals surface area contributed by atoms with Crippen LogP contribution < -0.4 is 10.2 Å². The number of aliphatic carboxylic acids is 2. The maximum absolute atomic E-state index is 9.26. The normalized spacial score (nSPS) is 6.73. The maximum atomic E-state index is 9.26. The molecule has 11 heavy (non-hydrogen) atoms. The second-order valence-electron chi connectivity index (χ2n) is 1.45. The second kappa shape index (κ2) is 12.3. The molecule has 0 fully saturated rings. The molecule has 0 aromatic rings. The SMILES string of the molecule is CCC(=O)[O-].CCC(=O)[O-].[Ti+2]. The van der Waals surface area contributed by atoms with Crippen molar-refractivity contribution in [2.75, 3.05) is 0 Å². The van der Waals surface area contributed by atoms with Crippen molar-refractivity contribution in [3.8, 4) is 0 Å². The van der Waals surface area contributed by atoms with E-state index < -0.39 is 11.9 Å². The van der Waals surface area contributed by atoms with Gasteiger partial charge in [0.2, 0.25) is 0 Å². The zero-order valence-corrected chi connectivity index (χ0v) is 8.11. The average Bonchev–Trinajstić information content (AvgIpc) is 1.89. The van der Waals surface area contributed by atoms with E-state index in [4.69, 9.17) is 0 Å². The van der Waals surface area contributed by atoms with Crippen LogP contribution in [0, 0.1) is 0 Å². The van der Waals surface area contributed by atoms with E-state index in [0.29, 0.717) is 0 Å². The molecule has 62 valence electrons. The van der Waals surface area contributed by atoms with Crippen LogP contribution >= 0.6 is 0 Å². The average molecular weight is 194 g/mol. The van der Waals surface area contributed by atoms with Gasteiger partial charge in [-0.2, -0.15) is 0 Å². The number of carbonyl (C=O) groups excluding carboxylic acids is 2. The summed E-state index contributed by atoms with van der Waals surface area (Å²) < 4.78 is 0. The molecule has 0 spiro atoms. The van der Waals surface area contributed by atoms with Gasteiger partial charge in [0, 0.05) is 11.9 Å². The van der Waals surface area contributed by atoms with Crippen molar-refractivity contribution in [1.29, 1.82) is 0 Å². The molecular weight excluding hydrogens is 184 g/mol. The summed E-state index contributed by atoms with van der Waals surface area (Å²) in [5, 5.41) is 18.5. The van der Waals surface area contributed by atoms with Crippen molar-refractivity contribution < 1.29 is 41.5 Å². The molecule has 0 rings (SSSR count). The zero-order chi connectivity index (χ0) is 8.57. The Kier molecular flexibility index (Phi) is 19.0. The molecule has 0 N–H and O–H groups in total. The standard InChI is InChI=1S/2C3H6O2.Ti/c2*1-2-3(4)5;/h2*2H2,1H3,(H,4,5);/q;;+2/p-2. The van der Waals surface area contributed by atoms with Crippen LogP contribution in [0.1, 0.15) is 26.7 Å². The van der Waals surface area contributed by atoms with Gasteiger partial charge in [0.15, 0.2) is 0 Å². The van der Waals surface area contributed by atoms with Crippen molar-refractivity contribution in [2.45, 2.75) is 26.7 Å². The fourth-order valence-corrected chi connectivity index (χ4v) is 0. The molecule has 0 saturated carbocycles. The summed E-state index contributed by atoms with van der Waals surface area (Å²) >= 11 is 0. The fourth-order valence-electron chi connectivity index (χ4n) is 0. The van der Waals surface area contributed by atoms with Crippen LogP contribution in [-0.2, 0) is 31.3 Å². The number of hydrogen-bond donors (Lipinski definition) is 0. The summed E-state index contributed by atoms with van der Waals surface area (Å²) in [7, 11) is 0. The molecule has 0 heterocycles. The Morgan fingerprint density at radius 1 is 1.00 bits per heavy atom. The number of carboxylic acid groups (broad SMARTS) is 2. The van der Waals surface area contributed by atoms with Crippen molar-refractivity contribution in [1.82, 2.24) is 0 Å². The minimum atomic E-state index is -0.995. The van der Waals surface area contributed by atoms with Gasteiger partial charge in [-0.15, -0.1) is 0 Å². The van der Waals surface area contributed by atoms with Gasteiger partial charge in [-0.25, -0.2) is 0 Å². The van der Waals surface area contributed by atoms with Crippen LogP contribution in [0.25, 0.3) is 0 Å². The van der Waals surface area contributed by atoms with E-state index in [-0.39, 0.29) is 34.6 Å². The number of carbonyl (C=O) groups is 2. The van der Waals surface area contributed by atoms with E-state index >= 15 is 0 Å². The molecule has 0 bridgehead atoms. The smallest absolute Gasteiger partial charge is 0.550 e. The van der Waals surface area contributed by atoms with Crippen molar-refractivity contribution in [3.63, 3.8) is 0 Å². The quantitative estimate of drug-likeness (QED) is 0.490. The van der Waals surface area contributed by atoms with Crippen molar-refractivity contribution >= 4 is 11.9 Å². The molecule has 0 radical (unpaired) electrons. The molecule has 0 aromatic heterocycles. The number of rotatable bonds is 2. The van der Waals surface area contributed by atoms with Gasteiger partial charge in [-0.1, -0.05) is 13.8 Å². The van der Waals surface area contributed by atoms with Crippen LogP contribution in [0.2, 0.25) is 0 Å². The molecule has 0 atom stereocenters.